The minimum Gasteiger partial charge on any atom is -0.466 e. The summed E-state index contributed by atoms with van der Waals surface area (Å²) in [5.74, 6) is 0.204. The molecular formula is C16H15N5O5. The first kappa shape index (κ1) is 17.3. The lowest BCUT2D eigenvalue weighted by molar-refractivity contribution is -0.384. The fourth-order valence-corrected chi connectivity index (χ4v) is 2.39. The quantitative estimate of drug-likeness (QED) is 0.400. The van der Waals surface area contributed by atoms with Gasteiger partial charge in [0.1, 0.15) is 11.5 Å². The van der Waals surface area contributed by atoms with Crippen molar-refractivity contribution in [1.29, 1.82) is 0 Å². The van der Waals surface area contributed by atoms with Crippen molar-refractivity contribution in [2.75, 3.05) is 14.1 Å². The molecule has 26 heavy (non-hydrogen) atoms. The van der Waals surface area contributed by atoms with Gasteiger partial charge in [0.05, 0.1) is 22.2 Å². The second-order valence-corrected chi connectivity index (χ2v) is 5.62. The van der Waals surface area contributed by atoms with Crippen LogP contribution in [-0.4, -0.2) is 44.8 Å². The van der Waals surface area contributed by atoms with E-state index in [1.54, 1.807) is 26.2 Å². The predicted octanol–water partition coefficient (Wildman–Crippen LogP) is 1.42. The maximum absolute atomic E-state index is 12.5. The van der Waals surface area contributed by atoms with E-state index >= 15 is 0 Å². The zero-order valence-electron chi connectivity index (χ0n) is 13.9. The Morgan fingerprint density at radius 3 is 2.81 bits per heavy atom. The molecule has 0 amide bonds. The Bertz CT molecular complexity index is 1040. The highest BCUT2D eigenvalue weighted by molar-refractivity contribution is 6.03. The molecule has 0 aliphatic heterocycles. The average Bonchev–Trinajstić information content (AvgIpc) is 3.12. The van der Waals surface area contributed by atoms with Gasteiger partial charge in [-0.25, -0.2) is 4.98 Å². The molecule has 0 radical (unpaired) electrons. The molecule has 1 atom stereocenters. The number of aliphatic hydroxyl groups is 1. The Kier molecular flexibility index (Phi) is 4.50. The number of aliphatic hydroxyl groups excluding tert-OH is 1. The standard InChI is InChI=1S/C16H15N5O5/c1-20(2)19-13(15(22)12-4-3-7-26-12)14-16(23)18-11-8-9(21(24)25)5-6-10(11)17-14/h3-8,15,22H,1-2H3,(H,18,23)/b19-13-/t15-/m1/s1. The van der Waals surface area contributed by atoms with E-state index in [1.165, 1.54) is 29.5 Å². The third-order valence-electron chi connectivity index (χ3n) is 3.51. The lowest BCUT2D eigenvalue weighted by atomic mass is 10.1. The normalized spacial score (nSPS) is 13.0. The van der Waals surface area contributed by atoms with E-state index in [-0.39, 0.29) is 28.4 Å². The van der Waals surface area contributed by atoms with Gasteiger partial charge in [0.25, 0.3) is 11.2 Å². The zero-order valence-corrected chi connectivity index (χ0v) is 13.9. The number of hydrogen-bond acceptors (Lipinski definition) is 8. The summed E-state index contributed by atoms with van der Waals surface area (Å²) in [6.07, 6.45) is 0.0831. The predicted molar refractivity (Wildman–Crippen MR) is 92.9 cm³/mol. The van der Waals surface area contributed by atoms with Gasteiger partial charge in [0, 0.05) is 26.2 Å². The molecule has 0 spiro atoms. The largest absolute Gasteiger partial charge is 0.466 e. The van der Waals surface area contributed by atoms with Crippen LogP contribution in [0.4, 0.5) is 5.69 Å². The molecule has 0 saturated carbocycles. The highest BCUT2D eigenvalue weighted by Crippen LogP contribution is 2.20. The number of aromatic nitrogens is 2. The molecule has 0 bridgehead atoms. The summed E-state index contributed by atoms with van der Waals surface area (Å²) >= 11 is 0. The van der Waals surface area contributed by atoms with Crippen LogP contribution >= 0.6 is 0 Å². The van der Waals surface area contributed by atoms with Crippen LogP contribution in [0.1, 0.15) is 17.6 Å². The summed E-state index contributed by atoms with van der Waals surface area (Å²) < 4.78 is 5.18. The first-order valence-electron chi connectivity index (χ1n) is 7.53. The molecule has 2 aromatic heterocycles. The maximum Gasteiger partial charge on any atom is 0.276 e. The van der Waals surface area contributed by atoms with Crippen LogP contribution < -0.4 is 5.56 Å². The van der Waals surface area contributed by atoms with E-state index in [2.05, 4.69) is 15.1 Å². The second-order valence-electron chi connectivity index (χ2n) is 5.62. The molecule has 0 saturated heterocycles. The molecule has 0 fully saturated rings. The molecule has 3 rings (SSSR count). The number of furan rings is 1. The van der Waals surface area contributed by atoms with Gasteiger partial charge in [-0.15, -0.1) is 0 Å². The van der Waals surface area contributed by atoms with Gasteiger partial charge >= 0.3 is 0 Å². The molecular weight excluding hydrogens is 342 g/mol. The number of non-ortho nitro benzene ring substituents is 1. The van der Waals surface area contributed by atoms with Crippen molar-refractivity contribution in [2.45, 2.75) is 6.10 Å². The number of nitro groups is 1. The van der Waals surface area contributed by atoms with Crippen molar-refractivity contribution < 1.29 is 14.4 Å². The highest BCUT2D eigenvalue weighted by Gasteiger charge is 2.25. The van der Waals surface area contributed by atoms with Gasteiger partial charge < -0.3 is 19.5 Å². The summed E-state index contributed by atoms with van der Waals surface area (Å²) in [7, 11) is 3.26. The first-order chi connectivity index (χ1) is 12.4. The van der Waals surface area contributed by atoms with Crippen molar-refractivity contribution in [3.8, 4) is 0 Å². The number of rotatable bonds is 5. The van der Waals surface area contributed by atoms with Crippen molar-refractivity contribution in [2.24, 2.45) is 5.10 Å². The lowest BCUT2D eigenvalue weighted by Crippen LogP contribution is -2.27. The number of H-pyrrole nitrogens is 1. The van der Waals surface area contributed by atoms with Crippen molar-refractivity contribution in [1.82, 2.24) is 15.0 Å². The summed E-state index contributed by atoms with van der Waals surface area (Å²) in [5.41, 5.74) is -0.381. The monoisotopic (exact) mass is 357 g/mol. The van der Waals surface area contributed by atoms with Crippen LogP contribution in [0.2, 0.25) is 0 Å². The molecule has 0 aliphatic rings. The van der Waals surface area contributed by atoms with Gasteiger partial charge in [0.2, 0.25) is 0 Å². The Labute approximate surface area is 146 Å². The molecule has 2 N–H and O–H groups in total. The van der Waals surface area contributed by atoms with Gasteiger partial charge in [0.15, 0.2) is 11.8 Å². The van der Waals surface area contributed by atoms with Gasteiger partial charge in [-0.05, 0) is 18.2 Å². The van der Waals surface area contributed by atoms with Crippen LogP contribution in [0, 0.1) is 10.1 Å². The van der Waals surface area contributed by atoms with E-state index in [0.29, 0.717) is 5.52 Å². The molecule has 3 aromatic rings. The highest BCUT2D eigenvalue weighted by atomic mass is 16.6. The molecule has 0 aliphatic carbocycles. The molecule has 2 heterocycles. The van der Waals surface area contributed by atoms with Gasteiger partial charge in [-0.3, -0.25) is 14.9 Å². The number of fused-ring (bicyclic) bond motifs is 1. The van der Waals surface area contributed by atoms with Gasteiger partial charge in [-0.2, -0.15) is 5.10 Å². The third kappa shape index (κ3) is 3.30. The minimum absolute atomic E-state index is 0.00791. The van der Waals surface area contributed by atoms with Crippen LogP contribution in [0.3, 0.4) is 0 Å². The smallest absolute Gasteiger partial charge is 0.276 e. The molecule has 0 unspecified atom stereocenters. The van der Waals surface area contributed by atoms with Gasteiger partial charge in [-0.1, -0.05) is 0 Å². The van der Waals surface area contributed by atoms with Crippen molar-refractivity contribution in [3.63, 3.8) is 0 Å². The third-order valence-corrected chi connectivity index (χ3v) is 3.51. The van der Waals surface area contributed by atoms with E-state index in [4.69, 9.17) is 4.42 Å². The van der Waals surface area contributed by atoms with Crippen LogP contribution in [0.15, 0.2) is 50.9 Å². The number of nitro benzene ring substituents is 1. The fourth-order valence-electron chi connectivity index (χ4n) is 2.39. The number of nitrogens with one attached hydrogen (secondary N) is 1. The minimum atomic E-state index is -1.31. The average molecular weight is 357 g/mol. The SMILES string of the molecule is CN(C)/N=C(/c1nc2ccc([N+](=O)[O-])cc2[nH]c1=O)[C@H](O)c1ccco1. The van der Waals surface area contributed by atoms with E-state index < -0.39 is 16.6 Å². The summed E-state index contributed by atoms with van der Waals surface area (Å²) in [6, 6.07) is 7.07. The number of aromatic amines is 1. The number of hydrazone groups is 1. The number of nitrogens with zero attached hydrogens (tertiary/aromatic N) is 4. The maximum atomic E-state index is 12.5. The Morgan fingerprint density at radius 1 is 1.42 bits per heavy atom. The molecule has 10 heteroatoms. The van der Waals surface area contributed by atoms with E-state index in [1.807, 2.05) is 0 Å². The Morgan fingerprint density at radius 2 is 2.19 bits per heavy atom. The van der Waals surface area contributed by atoms with Crippen LogP contribution in [-0.2, 0) is 0 Å². The van der Waals surface area contributed by atoms with E-state index in [9.17, 15) is 20.0 Å². The Hall–Kier alpha value is -3.53. The van der Waals surface area contributed by atoms with Crippen molar-refractivity contribution >= 4 is 22.4 Å². The number of benzene rings is 1. The summed E-state index contributed by atoms with van der Waals surface area (Å²) in [4.78, 5) is 29.6. The van der Waals surface area contributed by atoms with Crippen LogP contribution in [0.5, 0.6) is 0 Å². The molecule has 134 valence electrons. The van der Waals surface area contributed by atoms with Crippen molar-refractivity contribution in [3.05, 3.63) is 68.5 Å². The first-order valence-corrected chi connectivity index (χ1v) is 7.53. The topological polar surface area (TPSA) is 138 Å². The Balaban J connectivity index is 2.16. The lowest BCUT2D eigenvalue weighted by Gasteiger charge is -2.14. The van der Waals surface area contributed by atoms with Crippen LogP contribution in [0.25, 0.3) is 11.0 Å². The summed E-state index contributed by atoms with van der Waals surface area (Å²) in [5, 5.41) is 27.0. The fraction of sp³-hybridized carbons (Fsp3) is 0.188. The van der Waals surface area contributed by atoms with E-state index in [0.717, 1.165) is 0 Å². The molecule has 1 aromatic carbocycles. The molecule has 10 nitrogen and oxygen atoms in total. The summed E-state index contributed by atoms with van der Waals surface area (Å²) in [6.45, 7) is 0. The zero-order chi connectivity index (χ0) is 18.8. The number of hydrogen-bond donors (Lipinski definition) is 2. The second kappa shape index (κ2) is 6.76.